The van der Waals surface area contributed by atoms with Crippen LogP contribution in [0.5, 0.6) is 0 Å². The molecule has 1 saturated heterocycles. The van der Waals surface area contributed by atoms with Crippen LogP contribution in [0.3, 0.4) is 0 Å². The number of hydrogen-bond acceptors (Lipinski definition) is 4. The molecule has 1 fully saturated rings. The Morgan fingerprint density at radius 3 is 3.17 bits per heavy atom. The summed E-state index contributed by atoms with van der Waals surface area (Å²) in [4.78, 5) is 10.6. The van der Waals surface area contributed by atoms with Crippen LogP contribution in [0.2, 0.25) is 0 Å². The van der Waals surface area contributed by atoms with Crippen molar-refractivity contribution in [1.82, 2.24) is 15.5 Å². The second-order valence-corrected chi connectivity index (χ2v) is 3.00. The van der Waals surface area contributed by atoms with Crippen molar-refractivity contribution in [3.63, 3.8) is 0 Å². The molecule has 2 rings (SSSR count). The summed E-state index contributed by atoms with van der Waals surface area (Å²) in [6, 6.07) is 0.427. The van der Waals surface area contributed by atoms with E-state index in [-0.39, 0.29) is 0 Å². The van der Waals surface area contributed by atoms with Crippen molar-refractivity contribution < 1.29 is 4.42 Å². The van der Waals surface area contributed by atoms with E-state index in [4.69, 9.17) is 4.42 Å². The SMILES string of the molecule is O=c1[nH]nc(CC2CCCN2)o1. The topological polar surface area (TPSA) is 70.9 Å². The third kappa shape index (κ3) is 1.55. The molecule has 1 aromatic heterocycles. The number of aromatic nitrogens is 2. The van der Waals surface area contributed by atoms with Crippen LogP contribution in [0, 0.1) is 0 Å². The van der Waals surface area contributed by atoms with Crippen LogP contribution in [0.25, 0.3) is 0 Å². The maximum Gasteiger partial charge on any atom is 0.434 e. The lowest BCUT2D eigenvalue weighted by Crippen LogP contribution is -2.23. The van der Waals surface area contributed by atoms with E-state index in [1.54, 1.807) is 0 Å². The Balaban J connectivity index is 1.98. The van der Waals surface area contributed by atoms with Gasteiger partial charge in [-0.3, -0.25) is 0 Å². The summed E-state index contributed by atoms with van der Waals surface area (Å²) in [6.45, 7) is 1.05. The fourth-order valence-electron chi connectivity index (χ4n) is 1.49. The van der Waals surface area contributed by atoms with Gasteiger partial charge in [-0.25, -0.2) is 9.89 Å². The predicted octanol–water partition coefficient (Wildman–Crippen LogP) is -0.343. The van der Waals surface area contributed by atoms with Gasteiger partial charge in [0.2, 0.25) is 5.89 Å². The molecular formula is C7H11N3O2. The first-order chi connectivity index (χ1) is 5.84. The van der Waals surface area contributed by atoms with Gasteiger partial charge in [0, 0.05) is 12.5 Å². The van der Waals surface area contributed by atoms with E-state index in [0.29, 0.717) is 18.4 Å². The highest BCUT2D eigenvalue weighted by molar-refractivity contribution is 4.85. The number of hydrogen-bond donors (Lipinski definition) is 2. The Kier molecular flexibility index (Phi) is 1.95. The van der Waals surface area contributed by atoms with Crippen LogP contribution in [-0.2, 0) is 6.42 Å². The zero-order valence-corrected chi connectivity index (χ0v) is 6.67. The third-order valence-electron chi connectivity index (χ3n) is 2.07. The number of nitrogens with one attached hydrogen (secondary N) is 2. The maximum atomic E-state index is 10.6. The minimum Gasteiger partial charge on any atom is -0.392 e. The summed E-state index contributed by atoms with van der Waals surface area (Å²) in [5, 5.41) is 9.28. The van der Waals surface area contributed by atoms with Crippen molar-refractivity contribution in [1.29, 1.82) is 0 Å². The van der Waals surface area contributed by atoms with Crippen LogP contribution in [0.15, 0.2) is 9.21 Å². The summed E-state index contributed by atoms with van der Waals surface area (Å²) in [7, 11) is 0. The molecule has 1 atom stereocenters. The smallest absolute Gasteiger partial charge is 0.392 e. The minimum atomic E-state index is -0.469. The van der Waals surface area contributed by atoms with Crippen molar-refractivity contribution in [2.24, 2.45) is 0 Å². The number of H-pyrrole nitrogens is 1. The third-order valence-corrected chi connectivity index (χ3v) is 2.07. The zero-order chi connectivity index (χ0) is 8.39. The average molecular weight is 169 g/mol. The summed E-state index contributed by atoms with van der Waals surface area (Å²) in [5.41, 5.74) is 0. The average Bonchev–Trinajstić information content (AvgIpc) is 2.63. The van der Waals surface area contributed by atoms with Gasteiger partial charge in [0.15, 0.2) is 0 Å². The molecule has 1 aliphatic rings. The molecule has 12 heavy (non-hydrogen) atoms. The summed E-state index contributed by atoms with van der Waals surface area (Å²) in [5.74, 6) is 0.0300. The van der Waals surface area contributed by atoms with Crippen molar-refractivity contribution in [2.45, 2.75) is 25.3 Å². The van der Waals surface area contributed by atoms with Gasteiger partial charge in [-0.15, -0.1) is 5.10 Å². The summed E-state index contributed by atoms with van der Waals surface area (Å²) >= 11 is 0. The normalized spacial score (nSPS) is 23.2. The van der Waals surface area contributed by atoms with Gasteiger partial charge < -0.3 is 9.73 Å². The molecule has 0 aromatic carbocycles. The van der Waals surface area contributed by atoms with E-state index in [1.807, 2.05) is 0 Å². The molecule has 2 heterocycles. The lowest BCUT2D eigenvalue weighted by atomic mass is 10.2. The quantitative estimate of drug-likeness (QED) is 0.635. The molecule has 0 saturated carbocycles. The molecule has 2 N–H and O–H groups in total. The van der Waals surface area contributed by atoms with Gasteiger partial charge in [0.05, 0.1) is 0 Å². The van der Waals surface area contributed by atoms with Crippen molar-refractivity contribution in [2.75, 3.05) is 6.54 Å². The largest absolute Gasteiger partial charge is 0.434 e. The van der Waals surface area contributed by atoms with Crippen LogP contribution in [0.1, 0.15) is 18.7 Å². The van der Waals surface area contributed by atoms with Gasteiger partial charge in [0.1, 0.15) is 0 Å². The highest BCUT2D eigenvalue weighted by Gasteiger charge is 2.16. The number of nitrogens with zero attached hydrogens (tertiary/aromatic N) is 1. The second kappa shape index (κ2) is 3.10. The monoisotopic (exact) mass is 169 g/mol. The van der Waals surface area contributed by atoms with E-state index >= 15 is 0 Å². The first-order valence-corrected chi connectivity index (χ1v) is 4.12. The Bertz CT molecular complexity index is 298. The Hall–Kier alpha value is -1.10. The van der Waals surface area contributed by atoms with Crippen LogP contribution in [-0.4, -0.2) is 22.8 Å². The molecule has 1 unspecified atom stereocenters. The molecule has 0 amide bonds. The van der Waals surface area contributed by atoms with Crippen molar-refractivity contribution in [3.05, 3.63) is 16.4 Å². The van der Waals surface area contributed by atoms with Crippen LogP contribution in [0.4, 0.5) is 0 Å². The van der Waals surface area contributed by atoms with E-state index in [1.165, 1.54) is 6.42 Å². The Morgan fingerprint density at radius 2 is 2.58 bits per heavy atom. The number of rotatable bonds is 2. The second-order valence-electron chi connectivity index (χ2n) is 3.00. The summed E-state index contributed by atoms with van der Waals surface area (Å²) < 4.78 is 4.78. The molecule has 1 aliphatic heterocycles. The minimum absolute atomic E-state index is 0.427. The molecule has 66 valence electrons. The Labute approximate surface area is 69.2 Å². The van der Waals surface area contributed by atoms with Gasteiger partial charge in [-0.05, 0) is 19.4 Å². The lowest BCUT2D eigenvalue weighted by molar-refractivity contribution is 0.433. The molecule has 5 nitrogen and oxygen atoms in total. The first kappa shape index (κ1) is 7.54. The Morgan fingerprint density at radius 1 is 1.67 bits per heavy atom. The van der Waals surface area contributed by atoms with Crippen LogP contribution >= 0.6 is 0 Å². The molecule has 0 spiro atoms. The standard InChI is InChI=1S/C7H11N3O2/c11-7-10-9-6(12-7)4-5-2-1-3-8-5/h5,8H,1-4H2,(H,10,11). The molecule has 5 heteroatoms. The highest BCUT2D eigenvalue weighted by atomic mass is 16.4. The fraction of sp³-hybridized carbons (Fsp3) is 0.714. The molecule has 0 bridgehead atoms. The molecule has 0 radical (unpaired) electrons. The van der Waals surface area contributed by atoms with Gasteiger partial charge in [0.25, 0.3) is 0 Å². The molecular weight excluding hydrogens is 158 g/mol. The van der Waals surface area contributed by atoms with Gasteiger partial charge in [-0.2, -0.15) is 0 Å². The maximum absolute atomic E-state index is 10.6. The molecule has 1 aromatic rings. The predicted molar refractivity (Wildman–Crippen MR) is 41.9 cm³/mol. The van der Waals surface area contributed by atoms with E-state index in [2.05, 4.69) is 15.5 Å². The van der Waals surface area contributed by atoms with Crippen molar-refractivity contribution in [3.8, 4) is 0 Å². The van der Waals surface area contributed by atoms with E-state index < -0.39 is 5.76 Å². The van der Waals surface area contributed by atoms with Gasteiger partial charge in [-0.1, -0.05) is 0 Å². The zero-order valence-electron chi connectivity index (χ0n) is 6.67. The summed E-state index contributed by atoms with van der Waals surface area (Å²) in [6.07, 6.45) is 3.04. The highest BCUT2D eigenvalue weighted by Crippen LogP contribution is 2.08. The lowest BCUT2D eigenvalue weighted by Gasteiger charge is -2.04. The fourth-order valence-corrected chi connectivity index (χ4v) is 1.49. The van der Waals surface area contributed by atoms with Gasteiger partial charge >= 0.3 is 5.76 Å². The number of aromatic amines is 1. The van der Waals surface area contributed by atoms with Crippen LogP contribution < -0.4 is 11.1 Å². The van der Waals surface area contributed by atoms with Crippen molar-refractivity contribution >= 4 is 0 Å². The molecule has 0 aliphatic carbocycles. The van der Waals surface area contributed by atoms with E-state index in [0.717, 1.165) is 13.0 Å². The van der Waals surface area contributed by atoms with E-state index in [9.17, 15) is 4.79 Å². The first-order valence-electron chi connectivity index (χ1n) is 4.12.